The standard InChI is InChI=1S/C22H24BrN3O5/c1-2-30-20-13-16(14-24-25-22(28)17-5-3-4-6-18(17)23)7-8-19(20)31-15-21(27)26-9-11-29-12-10-26/h3-8,13-14H,2,9-12,15H2,1H3,(H,25,28)/b24-14-. The summed E-state index contributed by atoms with van der Waals surface area (Å²) in [4.78, 5) is 26.2. The largest absolute Gasteiger partial charge is 0.490 e. The maximum Gasteiger partial charge on any atom is 0.272 e. The Balaban J connectivity index is 1.61. The number of carbonyl (C=O) groups is 2. The lowest BCUT2D eigenvalue weighted by Gasteiger charge is -2.26. The third kappa shape index (κ3) is 6.53. The first-order chi connectivity index (χ1) is 15.1. The number of hydrogen-bond donors (Lipinski definition) is 1. The molecule has 1 heterocycles. The third-order valence-electron chi connectivity index (χ3n) is 4.48. The number of nitrogens with zero attached hydrogens (tertiary/aromatic N) is 2. The molecule has 0 spiro atoms. The molecule has 0 bridgehead atoms. The molecule has 8 nitrogen and oxygen atoms in total. The quantitative estimate of drug-likeness (QED) is 0.454. The SMILES string of the molecule is CCOc1cc(/C=N\NC(=O)c2ccccc2Br)ccc1OCC(=O)N1CCOCC1. The first-order valence-electron chi connectivity index (χ1n) is 9.91. The second kappa shape index (κ2) is 11.5. The first kappa shape index (κ1) is 22.8. The summed E-state index contributed by atoms with van der Waals surface area (Å²) in [5, 5.41) is 4.01. The third-order valence-corrected chi connectivity index (χ3v) is 5.17. The van der Waals surface area contributed by atoms with E-state index in [1.54, 1.807) is 41.3 Å². The minimum Gasteiger partial charge on any atom is -0.490 e. The zero-order valence-electron chi connectivity index (χ0n) is 17.2. The van der Waals surface area contributed by atoms with Crippen LogP contribution < -0.4 is 14.9 Å². The van der Waals surface area contributed by atoms with Crippen molar-refractivity contribution in [3.05, 3.63) is 58.1 Å². The molecule has 0 unspecified atom stereocenters. The van der Waals surface area contributed by atoms with E-state index >= 15 is 0 Å². The van der Waals surface area contributed by atoms with E-state index in [0.717, 1.165) is 0 Å². The summed E-state index contributed by atoms with van der Waals surface area (Å²) in [5.74, 6) is 0.553. The van der Waals surface area contributed by atoms with E-state index in [2.05, 4.69) is 26.5 Å². The van der Waals surface area contributed by atoms with E-state index in [1.165, 1.54) is 6.21 Å². The van der Waals surface area contributed by atoms with Gasteiger partial charge in [-0.1, -0.05) is 12.1 Å². The topological polar surface area (TPSA) is 89.5 Å². The van der Waals surface area contributed by atoms with Crippen molar-refractivity contribution in [3.8, 4) is 11.5 Å². The Morgan fingerprint density at radius 1 is 1.16 bits per heavy atom. The van der Waals surface area contributed by atoms with Crippen LogP contribution in [0.1, 0.15) is 22.8 Å². The van der Waals surface area contributed by atoms with Crippen LogP contribution in [0.15, 0.2) is 52.0 Å². The van der Waals surface area contributed by atoms with Gasteiger partial charge in [-0.05, 0) is 58.7 Å². The number of hydrogen-bond acceptors (Lipinski definition) is 6. The highest BCUT2D eigenvalue weighted by Crippen LogP contribution is 2.28. The van der Waals surface area contributed by atoms with Crippen LogP contribution in [0.2, 0.25) is 0 Å². The van der Waals surface area contributed by atoms with Crippen LogP contribution in [-0.4, -0.2) is 62.4 Å². The number of ether oxygens (including phenoxy) is 3. The van der Waals surface area contributed by atoms with Crippen molar-refractivity contribution in [2.75, 3.05) is 39.5 Å². The van der Waals surface area contributed by atoms with Crippen molar-refractivity contribution in [1.29, 1.82) is 0 Å². The molecule has 1 N–H and O–H groups in total. The maximum atomic E-state index is 12.3. The predicted octanol–water partition coefficient (Wildman–Crippen LogP) is 2.85. The lowest BCUT2D eigenvalue weighted by atomic mass is 10.2. The predicted molar refractivity (Wildman–Crippen MR) is 120 cm³/mol. The number of hydrazone groups is 1. The fourth-order valence-corrected chi connectivity index (χ4v) is 3.37. The molecule has 2 amide bonds. The minimum atomic E-state index is -0.324. The van der Waals surface area contributed by atoms with Gasteiger partial charge in [-0.3, -0.25) is 9.59 Å². The molecular formula is C22H24BrN3O5. The van der Waals surface area contributed by atoms with E-state index < -0.39 is 0 Å². The van der Waals surface area contributed by atoms with E-state index in [9.17, 15) is 9.59 Å². The molecule has 0 atom stereocenters. The average Bonchev–Trinajstić information content (AvgIpc) is 2.79. The van der Waals surface area contributed by atoms with E-state index in [1.807, 2.05) is 13.0 Å². The van der Waals surface area contributed by atoms with Crippen LogP contribution in [0, 0.1) is 0 Å². The summed E-state index contributed by atoms with van der Waals surface area (Å²) in [6.07, 6.45) is 1.51. The number of benzene rings is 2. The Kier molecular flexibility index (Phi) is 8.43. The Hall–Kier alpha value is -2.91. The van der Waals surface area contributed by atoms with Crippen molar-refractivity contribution >= 4 is 34.0 Å². The molecule has 164 valence electrons. The van der Waals surface area contributed by atoms with Crippen molar-refractivity contribution in [1.82, 2.24) is 10.3 Å². The first-order valence-corrected chi connectivity index (χ1v) is 10.7. The number of carbonyl (C=O) groups excluding carboxylic acids is 2. The van der Waals surface area contributed by atoms with Gasteiger partial charge in [-0.25, -0.2) is 5.43 Å². The molecule has 0 saturated carbocycles. The maximum absolute atomic E-state index is 12.3. The molecule has 1 fully saturated rings. The van der Waals surface area contributed by atoms with Gasteiger partial charge in [0.05, 0.1) is 31.6 Å². The van der Waals surface area contributed by atoms with Crippen LogP contribution in [0.3, 0.4) is 0 Å². The molecule has 1 aliphatic rings. The smallest absolute Gasteiger partial charge is 0.272 e. The summed E-state index contributed by atoms with van der Waals surface area (Å²) in [6.45, 7) is 4.45. The van der Waals surface area contributed by atoms with E-state index in [0.29, 0.717) is 60.0 Å². The molecule has 2 aromatic carbocycles. The fourth-order valence-electron chi connectivity index (χ4n) is 2.91. The Morgan fingerprint density at radius 3 is 2.68 bits per heavy atom. The second-order valence-electron chi connectivity index (χ2n) is 6.60. The highest BCUT2D eigenvalue weighted by atomic mass is 79.9. The summed E-state index contributed by atoms with van der Waals surface area (Å²) in [7, 11) is 0. The van der Waals surface area contributed by atoms with Gasteiger partial charge in [0, 0.05) is 17.6 Å². The van der Waals surface area contributed by atoms with Gasteiger partial charge in [0.1, 0.15) is 0 Å². The molecule has 31 heavy (non-hydrogen) atoms. The number of amides is 2. The average molecular weight is 490 g/mol. The molecule has 0 aromatic heterocycles. The van der Waals surface area contributed by atoms with Crippen molar-refractivity contribution in [2.24, 2.45) is 5.10 Å². The summed E-state index contributed by atoms with van der Waals surface area (Å²) < 4.78 is 17.3. The highest BCUT2D eigenvalue weighted by Gasteiger charge is 2.18. The molecule has 9 heteroatoms. The zero-order valence-corrected chi connectivity index (χ0v) is 18.8. The van der Waals surface area contributed by atoms with Gasteiger partial charge in [-0.2, -0.15) is 5.10 Å². The molecule has 3 rings (SSSR count). The Labute approximate surface area is 189 Å². The normalized spacial score (nSPS) is 13.8. The van der Waals surface area contributed by atoms with Crippen LogP contribution in [0.25, 0.3) is 0 Å². The van der Waals surface area contributed by atoms with Crippen LogP contribution in [-0.2, 0) is 9.53 Å². The van der Waals surface area contributed by atoms with Crippen molar-refractivity contribution in [2.45, 2.75) is 6.92 Å². The summed E-state index contributed by atoms with van der Waals surface area (Å²) in [5.41, 5.74) is 3.70. The van der Waals surface area contributed by atoms with Crippen LogP contribution in [0.5, 0.6) is 11.5 Å². The minimum absolute atomic E-state index is 0.0739. The lowest BCUT2D eigenvalue weighted by Crippen LogP contribution is -2.43. The zero-order chi connectivity index (χ0) is 22.1. The van der Waals surface area contributed by atoms with Crippen LogP contribution >= 0.6 is 15.9 Å². The van der Waals surface area contributed by atoms with Gasteiger partial charge in [-0.15, -0.1) is 0 Å². The molecule has 0 aliphatic carbocycles. The fraction of sp³-hybridized carbons (Fsp3) is 0.318. The summed E-state index contributed by atoms with van der Waals surface area (Å²) in [6, 6.07) is 12.3. The molecular weight excluding hydrogens is 466 g/mol. The second-order valence-corrected chi connectivity index (χ2v) is 7.45. The molecule has 0 radical (unpaired) electrons. The monoisotopic (exact) mass is 489 g/mol. The van der Waals surface area contributed by atoms with E-state index in [-0.39, 0.29) is 18.4 Å². The Bertz CT molecular complexity index is 944. The van der Waals surface area contributed by atoms with Crippen molar-refractivity contribution in [3.63, 3.8) is 0 Å². The lowest BCUT2D eigenvalue weighted by molar-refractivity contribution is -0.137. The van der Waals surface area contributed by atoms with Gasteiger partial charge in [0.2, 0.25) is 0 Å². The van der Waals surface area contributed by atoms with Gasteiger partial charge in [0.25, 0.3) is 11.8 Å². The van der Waals surface area contributed by atoms with Gasteiger partial charge in [0.15, 0.2) is 18.1 Å². The van der Waals surface area contributed by atoms with Gasteiger partial charge >= 0.3 is 0 Å². The summed E-state index contributed by atoms with van der Waals surface area (Å²) >= 11 is 3.34. The molecule has 1 aliphatic heterocycles. The van der Waals surface area contributed by atoms with E-state index in [4.69, 9.17) is 14.2 Å². The number of rotatable bonds is 8. The van der Waals surface area contributed by atoms with Crippen LogP contribution in [0.4, 0.5) is 0 Å². The van der Waals surface area contributed by atoms with Crippen molar-refractivity contribution < 1.29 is 23.8 Å². The number of nitrogens with one attached hydrogen (secondary N) is 1. The highest BCUT2D eigenvalue weighted by molar-refractivity contribution is 9.10. The number of halogens is 1. The Morgan fingerprint density at radius 2 is 1.94 bits per heavy atom. The number of morpholine rings is 1. The molecule has 2 aromatic rings. The molecule has 1 saturated heterocycles. The van der Waals surface area contributed by atoms with Gasteiger partial charge < -0.3 is 19.1 Å².